The largest absolute Gasteiger partial charge is 0.383 e. The van der Waals surface area contributed by atoms with Crippen LogP contribution in [-0.2, 0) is 17.6 Å². The first-order valence-electron chi connectivity index (χ1n) is 5.16. The lowest BCUT2D eigenvalue weighted by Gasteiger charge is -2.05. The van der Waals surface area contributed by atoms with Crippen LogP contribution in [-0.4, -0.2) is 30.2 Å². The van der Waals surface area contributed by atoms with Gasteiger partial charge >= 0.3 is 0 Å². The number of H-pyrrole nitrogens is 1. The van der Waals surface area contributed by atoms with Gasteiger partial charge in [0, 0.05) is 19.2 Å². The van der Waals surface area contributed by atoms with Gasteiger partial charge in [-0.2, -0.15) is 0 Å². The van der Waals surface area contributed by atoms with E-state index in [4.69, 9.17) is 4.74 Å². The number of aromatic nitrogens is 2. The lowest BCUT2D eigenvalue weighted by molar-refractivity contribution is 0.210. The number of hydrogen-bond donors (Lipinski definition) is 2. The number of aromatic amines is 1. The Kier molecular flexibility index (Phi) is 3.01. The third-order valence-electron chi connectivity index (χ3n) is 2.54. The van der Waals surface area contributed by atoms with Gasteiger partial charge in [0.05, 0.1) is 12.3 Å². The smallest absolute Gasteiger partial charge is 0.255 e. The highest BCUT2D eigenvalue weighted by Crippen LogP contribution is 2.16. The SMILES string of the molecule is COCCNc1nc2c(c(=O)[nH]1)CCC2. The predicted octanol–water partition coefficient (Wildman–Crippen LogP) is 0.317. The number of aryl methyl sites for hydroxylation is 1. The normalized spacial score (nSPS) is 13.9. The molecule has 1 heterocycles. The molecule has 1 aliphatic carbocycles. The first kappa shape index (κ1) is 10.2. The molecular formula is C10H15N3O2. The number of anilines is 1. The van der Waals surface area contributed by atoms with Gasteiger partial charge in [-0.25, -0.2) is 4.98 Å². The number of methoxy groups -OCH3 is 1. The van der Waals surface area contributed by atoms with Crippen LogP contribution < -0.4 is 10.9 Å². The molecule has 0 atom stereocenters. The maximum absolute atomic E-state index is 11.6. The Morgan fingerprint density at radius 1 is 1.53 bits per heavy atom. The van der Waals surface area contributed by atoms with Gasteiger partial charge in [-0.15, -0.1) is 0 Å². The lowest BCUT2D eigenvalue weighted by atomic mass is 10.3. The topological polar surface area (TPSA) is 67.0 Å². The van der Waals surface area contributed by atoms with E-state index in [1.54, 1.807) is 7.11 Å². The standard InChI is InChI=1S/C10H15N3O2/c1-15-6-5-11-10-12-8-4-2-3-7(8)9(14)13-10/h2-6H2,1H3,(H2,11,12,13,14). The number of nitrogens with zero attached hydrogens (tertiary/aromatic N) is 1. The Bertz CT molecular complexity index is 400. The van der Waals surface area contributed by atoms with Gasteiger partial charge in [-0.1, -0.05) is 0 Å². The van der Waals surface area contributed by atoms with Crippen molar-refractivity contribution in [3.8, 4) is 0 Å². The van der Waals surface area contributed by atoms with E-state index in [-0.39, 0.29) is 5.56 Å². The van der Waals surface area contributed by atoms with Crippen LogP contribution in [0.4, 0.5) is 5.95 Å². The number of nitrogens with one attached hydrogen (secondary N) is 2. The van der Waals surface area contributed by atoms with Gasteiger partial charge in [-0.05, 0) is 19.3 Å². The van der Waals surface area contributed by atoms with E-state index in [2.05, 4.69) is 15.3 Å². The van der Waals surface area contributed by atoms with Gasteiger partial charge in [0.25, 0.3) is 5.56 Å². The minimum absolute atomic E-state index is 0.00239. The van der Waals surface area contributed by atoms with Crippen molar-refractivity contribution in [2.75, 3.05) is 25.6 Å². The van der Waals surface area contributed by atoms with Crippen molar-refractivity contribution in [3.63, 3.8) is 0 Å². The number of rotatable bonds is 4. The maximum Gasteiger partial charge on any atom is 0.255 e. The Morgan fingerprint density at radius 3 is 3.20 bits per heavy atom. The summed E-state index contributed by atoms with van der Waals surface area (Å²) < 4.78 is 4.90. The Labute approximate surface area is 87.9 Å². The zero-order chi connectivity index (χ0) is 10.7. The van der Waals surface area contributed by atoms with Gasteiger partial charge in [0.1, 0.15) is 0 Å². The second-order valence-electron chi connectivity index (χ2n) is 3.61. The minimum Gasteiger partial charge on any atom is -0.383 e. The van der Waals surface area contributed by atoms with Crippen molar-refractivity contribution in [2.24, 2.45) is 0 Å². The maximum atomic E-state index is 11.6. The molecule has 1 aliphatic rings. The van der Waals surface area contributed by atoms with E-state index in [1.165, 1.54) is 0 Å². The fraction of sp³-hybridized carbons (Fsp3) is 0.600. The molecule has 0 saturated carbocycles. The van der Waals surface area contributed by atoms with Gasteiger partial charge in [-0.3, -0.25) is 9.78 Å². The molecule has 2 rings (SSSR count). The van der Waals surface area contributed by atoms with Gasteiger partial charge < -0.3 is 10.1 Å². The highest BCUT2D eigenvalue weighted by Gasteiger charge is 2.16. The highest BCUT2D eigenvalue weighted by molar-refractivity contribution is 5.31. The number of fused-ring (bicyclic) bond motifs is 1. The van der Waals surface area contributed by atoms with Gasteiger partial charge in [0.15, 0.2) is 0 Å². The van der Waals surface area contributed by atoms with E-state index < -0.39 is 0 Å². The summed E-state index contributed by atoms with van der Waals surface area (Å²) in [7, 11) is 1.64. The zero-order valence-electron chi connectivity index (χ0n) is 8.80. The summed E-state index contributed by atoms with van der Waals surface area (Å²) in [5.74, 6) is 0.553. The molecule has 15 heavy (non-hydrogen) atoms. The molecule has 5 nitrogen and oxygen atoms in total. The molecule has 2 N–H and O–H groups in total. The molecule has 0 unspecified atom stereocenters. The minimum atomic E-state index is -0.00239. The predicted molar refractivity (Wildman–Crippen MR) is 57.2 cm³/mol. The highest BCUT2D eigenvalue weighted by atomic mass is 16.5. The average molecular weight is 209 g/mol. The first-order valence-corrected chi connectivity index (χ1v) is 5.16. The molecule has 5 heteroatoms. The quantitative estimate of drug-likeness (QED) is 0.701. The van der Waals surface area contributed by atoms with Crippen LogP contribution in [0.2, 0.25) is 0 Å². The second-order valence-corrected chi connectivity index (χ2v) is 3.61. The van der Waals surface area contributed by atoms with Crippen LogP contribution >= 0.6 is 0 Å². The second kappa shape index (κ2) is 4.44. The summed E-state index contributed by atoms with van der Waals surface area (Å²) >= 11 is 0. The van der Waals surface area contributed by atoms with Crippen molar-refractivity contribution in [1.29, 1.82) is 0 Å². The van der Waals surface area contributed by atoms with Crippen molar-refractivity contribution in [2.45, 2.75) is 19.3 Å². The van der Waals surface area contributed by atoms with Crippen LogP contribution in [0.5, 0.6) is 0 Å². The third kappa shape index (κ3) is 2.18. The van der Waals surface area contributed by atoms with Crippen LogP contribution in [0.25, 0.3) is 0 Å². The van der Waals surface area contributed by atoms with E-state index in [0.29, 0.717) is 19.1 Å². The number of ether oxygens (including phenoxy) is 1. The van der Waals surface area contributed by atoms with Crippen molar-refractivity contribution >= 4 is 5.95 Å². The third-order valence-corrected chi connectivity index (χ3v) is 2.54. The molecule has 82 valence electrons. The average Bonchev–Trinajstić information content (AvgIpc) is 2.66. The lowest BCUT2D eigenvalue weighted by Crippen LogP contribution is -2.19. The van der Waals surface area contributed by atoms with E-state index >= 15 is 0 Å². The van der Waals surface area contributed by atoms with E-state index in [0.717, 1.165) is 30.5 Å². The molecule has 0 aromatic carbocycles. The molecule has 0 bridgehead atoms. The fourth-order valence-corrected chi connectivity index (χ4v) is 1.80. The first-order chi connectivity index (χ1) is 7.31. The van der Waals surface area contributed by atoms with E-state index in [1.807, 2.05) is 0 Å². The molecule has 1 aromatic rings. The molecule has 0 radical (unpaired) electrons. The molecule has 0 fully saturated rings. The summed E-state index contributed by atoms with van der Waals surface area (Å²) in [4.78, 5) is 18.7. The van der Waals surface area contributed by atoms with Crippen LogP contribution in [0.1, 0.15) is 17.7 Å². The van der Waals surface area contributed by atoms with E-state index in [9.17, 15) is 4.79 Å². The molecule has 0 spiro atoms. The van der Waals surface area contributed by atoms with Gasteiger partial charge in [0.2, 0.25) is 5.95 Å². The summed E-state index contributed by atoms with van der Waals surface area (Å²) in [6.45, 7) is 1.25. The molecule has 0 amide bonds. The van der Waals surface area contributed by atoms with Crippen molar-refractivity contribution < 1.29 is 4.74 Å². The summed E-state index contributed by atoms with van der Waals surface area (Å²) in [6.07, 6.45) is 2.81. The summed E-state index contributed by atoms with van der Waals surface area (Å²) in [6, 6.07) is 0. The Morgan fingerprint density at radius 2 is 2.40 bits per heavy atom. The summed E-state index contributed by atoms with van der Waals surface area (Å²) in [5, 5.41) is 3.02. The van der Waals surface area contributed by atoms with Crippen molar-refractivity contribution in [3.05, 3.63) is 21.6 Å². The molecule has 0 saturated heterocycles. The van der Waals surface area contributed by atoms with Crippen molar-refractivity contribution in [1.82, 2.24) is 9.97 Å². The summed E-state index contributed by atoms with van der Waals surface area (Å²) in [5.41, 5.74) is 1.79. The monoisotopic (exact) mass is 209 g/mol. The number of hydrogen-bond acceptors (Lipinski definition) is 4. The molecule has 1 aromatic heterocycles. The van der Waals surface area contributed by atoms with Crippen LogP contribution in [0.15, 0.2) is 4.79 Å². The van der Waals surface area contributed by atoms with Crippen LogP contribution in [0.3, 0.4) is 0 Å². The molecule has 0 aliphatic heterocycles. The molecular weight excluding hydrogens is 194 g/mol. The zero-order valence-corrected chi connectivity index (χ0v) is 8.80. The fourth-order valence-electron chi connectivity index (χ4n) is 1.80. The van der Waals surface area contributed by atoms with Crippen LogP contribution in [0, 0.1) is 0 Å². The Hall–Kier alpha value is -1.36. The Balaban J connectivity index is 2.13.